The number of benzene rings is 1. The summed E-state index contributed by atoms with van der Waals surface area (Å²) in [4.78, 5) is 4.08. The Kier molecular flexibility index (Phi) is 4.75. The Balaban J connectivity index is 1.85. The van der Waals surface area contributed by atoms with Crippen molar-refractivity contribution in [3.63, 3.8) is 0 Å². The van der Waals surface area contributed by atoms with Gasteiger partial charge in [-0.2, -0.15) is 0 Å². The molecule has 4 heteroatoms. The third kappa shape index (κ3) is 3.96. The molecule has 0 bridgehead atoms. The number of methoxy groups -OCH3 is 2. The summed E-state index contributed by atoms with van der Waals surface area (Å²) >= 11 is 0. The van der Waals surface area contributed by atoms with Gasteiger partial charge in [0.2, 0.25) is 5.88 Å². The van der Waals surface area contributed by atoms with Crippen LogP contribution in [-0.4, -0.2) is 19.2 Å². The van der Waals surface area contributed by atoms with Crippen molar-refractivity contribution in [2.45, 2.75) is 13.1 Å². The Morgan fingerprint density at radius 3 is 2.37 bits per heavy atom. The van der Waals surface area contributed by atoms with E-state index in [0.29, 0.717) is 5.88 Å². The predicted octanol–water partition coefficient (Wildman–Crippen LogP) is 2.39. The predicted molar refractivity (Wildman–Crippen MR) is 74.3 cm³/mol. The molecule has 0 unspecified atom stereocenters. The second kappa shape index (κ2) is 6.75. The Labute approximate surface area is 113 Å². The first-order valence-corrected chi connectivity index (χ1v) is 6.14. The van der Waals surface area contributed by atoms with Crippen molar-refractivity contribution < 1.29 is 9.47 Å². The van der Waals surface area contributed by atoms with Gasteiger partial charge in [0.25, 0.3) is 0 Å². The van der Waals surface area contributed by atoms with Crippen LogP contribution in [0.4, 0.5) is 0 Å². The van der Waals surface area contributed by atoms with Gasteiger partial charge in [-0.05, 0) is 29.3 Å². The molecule has 0 aliphatic carbocycles. The van der Waals surface area contributed by atoms with E-state index in [1.807, 2.05) is 24.3 Å². The van der Waals surface area contributed by atoms with Crippen LogP contribution in [0.5, 0.6) is 11.6 Å². The third-order valence-electron chi connectivity index (χ3n) is 2.83. The van der Waals surface area contributed by atoms with Crippen molar-refractivity contribution in [3.05, 3.63) is 53.7 Å². The average molecular weight is 258 g/mol. The van der Waals surface area contributed by atoms with Gasteiger partial charge in [0.05, 0.1) is 14.2 Å². The molecule has 1 aromatic carbocycles. The molecule has 0 spiro atoms. The molecule has 4 nitrogen and oxygen atoms in total. The summed E-state index contributed by atoms with van der Waals surface area (Å²) in [7, 11) is 3.29. The molecule has 0 aliphatic rings. The molecule has 19 heavy (non-hydrogen) atoms. The lowest BCUT2D eigenvalue weighted by Crippen LogP contribution is -2.12. The Bertz CT molecular complexity index is 512. The molecule has 0 saturated heterocycles. The number of ether oxygens (including phenoxy) is 2. The largest absolute Gasteiger partial charge is 0.497 e. The first-order chi connectivity index (χ1) is 9.31. The molecule has 0 saturated carbocycles. The summed E-state index contributed by atoms with van der Waals surface area (Å²) in [5, 5.41) is 3.38. The van der Waals surface area contributed by atoms with E-state index < -0.39 is 0 Å². The fourth-order valence-corrected chi connectivity index (χ4v) is 1.77. The lowest BCUT2D eigenvalue weighted by molar-refractivity contribution is 0.397. The first kappa shape index (κ1) is 13.4. The zero-order chi connectivity index (χ0) is 13.5. The number of pyridine rings is 1. The summed E-state index contributed by atoms with van der Waals surface area (Å²) in [5.74, 6) is 1.52. The highest BCUT2D eigenvalue weighted by molar-refractivity contribution is 5.27. The summed E-state index contributed by atoms with van der Waals surface area (Å²) < 4.78 is 10.2. The van der Waals surface area contributed by atoms with Crippen LogP contribution < -0.4 is 14.8 Å². The second-order valence-corrected chi connectivity index (χ2v) is 4.16. The zero-order valence-electron chi connectivity index (χ0n) is 11.2. The van der Waals surface area contributed by atoms with Gasteiger partial charge in [0, 0.05) is 25.4 Å². The van der Waals surface area contributed by atoms with E-state index in [-0.39, 0.29) is 0 Å². The SMILES string of the molecule is COc1ccc(CNCc2ccnc(OC)c2)cc1. The van der Waals surface area contributed by atoms with E-state index in [2.05, 4.69) is 22.4 Å². The van der Waals surface area contributed by atoms with Crippen LogP contribution in [0.15, 0.2) is 42.6 Å². The fraction of sp³-hybridized carbons (Fsp3) is 0.267. The number of hydrogen-bond acceptors (Lipinski definition) is 4. The molecule has 1 N–H and O–H groups in total. The first-order valence-electron chi connectivity index (χ1n) is 6.14. The summed E-state index contributed by atoms with van der Waals surface area (Å²) in [6.45, 7) is 1.60. The van der Waals surface area contributed by atoms with Crippen molar-refractivity contribution in [2.24, 2.45) is 0 Å². The van der Waals surface area contributed by atoms with Crippen LogP contribution in [0, 0.1) is 0 Å². The molecule has 1 heterocycles. The third-order valence-corrected chi connectivity index (χ3v) is 2.83. The molecule has 0 amide bonds. The Morgan fingerprint density at radius 2 is 1.68 bits per heavy atom. The number of rotatable bonds is 6. The van der Waals surface area contributed by atoms with E-state index in [1.54, 1.807) is 20.4 Å². The normalized spacial score (nSPS) is 10.2. The molecule has 2 rings (SSSR count). The van der Waals surface area contributed by atoms with Gasteiger partial charge in [-0.3, -0.25) is 0 Å². The summed E-state index contributed by atoms with van der Waals surface area (Å²) in [6.07, 6.45) is 1.75. The van der Waals surface area contributed by atoms with Crippen LogP contribution in [0.3, 0.4) is 0 Å². The van der Waals surface area contributed by atoms with E-state index >= 15 is 0 Å². The maximum atomic E-state index is 5.13. The Morgan fingerprint density at radius 1 is 0.947 bits per heavy atom. The number of hydrogen-bond donors (Lipinski definition) is 1. The maximum absolute atomic E-state index is 5.13. The highest BCUT2D eigenvalue weighted by Crippen LogP contribution is 2.12. The van der Waals surface area contributed by atoms with E-state index in [9.17, 15) is 0 Å². The van der Waals surface area contributed by atoms with E-state index in [4.69, 9.17) is 9.47 Å². The highest BCUT2D eigenvalue weighted by atomic mass is 16.5. The molecule has 0 fully saturated rings. The molecule has 0 aliphatic heterocycles. The minimum atomic E-state index is 0.642. The second-order valence-electron chi connectivity index (χ2n) is 4.16. The summed E-state index contributed by atoms with van der Waals surface area (Å²) in [5.41, 5.74) is 2.38. The van der Waals surface area contributed by atoms with Crippen molar-refractivity contribution in [1.82, 2.24) is 10.3 Å². The molecule has 2 aromatic rings. The van der Waals surface area contributed by atoms with Crippen molar-refractivity contribution >= 4 is 0 Å². The van der Waals surface area contributed by atoms with Crippen LogP contribution in [0.2, 0.25) is 0 Å². The smallest absolute Gasteiger partial charge is 0.213 e. The maximum Gasteiger partial charge on any atom is 0.213 e. The van der Waals surface area contributed by atoms with Crippen molar-refractivity contribution in [3.8, 4) is 11.6 Å². The molecule has 100 valence electrons. The van der Waals surface area contributed by atoms with Crippen LogP contribution in [0.25, 0.3) is 0 Å². The molecule has 1 aromatic heterocycles. The van der Waals surface area contributed by atoms with Crippen LogP contribution in [-0.2, 0) is 13.1 Å². The zero-order valence-corrected chi connectivity index (χ0v) is 11.2. The fourth-order valence-electron chi connectivity index (χ4n) is 1.77. The van der Waals surface area contributed by atoms with Gasteiger partial charge >= 0.3 is 0 Å². The van der Waals surface area contributed by atoms with E-state index in [1.165, 1.54) is 5.56 Å². The van der Waals surface area contributed by atoms with Gasteiger partial charge < -0.3 is 14.8 Å². The number of nitrogens with zero attached hydrogens (tertiary/aromatic N) is 1. The quantitative estimate of drug-likeness (QED) is 0.864. The number of aromatic nitrogens is 1. The van der Waals surface area contributed by atoms with Gasteiger partial charge in [-0.1, -0.05) is 12.1 Å². The highest BCUT2D eigenvalue weighted by Gasteiger charge is 1.98. The number of nitrogens with one attached hydrogen (secondary N) is 1. The van der Waals surface area contributed by atoms with Crippen LogP contribution >= 0.6 is 0 Å². The van der Waals surface area contributed by atoms with Crippen molar-refractivity contribution in [1.29, 1.82) is 0 Å². The van der Waals surface area contributed by atoms with E-state index in [0.717, 1.165) is 24.4 Å². The topological polar surface area (TPSA) is 43.4 Å². The standard InChI is InChI=1S/C15H18N2O2/c1-18-14-5-3-12(4-6-14)10-16-11-13-7-8-17-15(9-13)19-2/h3-9,16H,10-11H2,1-2H3. The molecular formula is C15H18N2O2. The minimum absolute atomic E-state index is 0.642. The average Bonchev–Trinajstić information content (AvgIpc) is 2.48. The van der Waals surface area contributed by atoms with Gasteiger partial charge in [-0.15, -0.1) is 0 Å². The molecular weight excluding hydrogens is 240 g/mol. The Hall–Kier alpha value is -2.07. The van der Waals surface area contributed by atoms with Gasteiger partial charge in [-0.25, -0.2) is 4.98 Å². The van der Waals surface area contributed by atoms with Crippen LogP contribution in [0.1, 0.15) is 11.1 Å². The summed E-state index contributed by atoms with van der Waals surface area (Å²) in [6, 6.07) is 11.9. The van der Waals surface area contributed by atoms with Gasteiger partial charge in [0.1, 0.15) is 5.75 Å². The lowest BCUT2D eigenvalue weighted by Gasteiger charge is -2.07. The monoisotopic (exact) mass is 258 g/mol. The lowest BCUT2D eigenvalue weighted by atomic mass is 10.2. The van der Waals surface area contributed by atoms with Gasteiger partial charge in [0.15, 0.2) is 0 Å². The molecule has 0 radical (unpaired) electrons. The molecule has 0 atom stereocenters. The van der Waals surface area contributed by atoms with Crippen molar-refractivity contribution in [2.75, 3.05) is 14.2 Å². The minimum Gasteiger partial charge on any atom is -0.497 e.